The van der Waals surface area contributed by atoms with Gasteiger partial charge in [-0.15, -0.1) is 0 Å². The van der Waals surface area contributed by atoms with Crippen molar-refractivity contribution in [1.82, 2.24) is 29.5 Å². The summed E-state index contributed by atoms with van der Waals surface area (Å²) in [6.07, 6.45) is -1.46. The molecule has 206 valence electrons. The van der Waals surface area contributed by atoms with Gasteiger partial charge in [0, 0.05) is 64.4 Å². The monoisotopic (exact) mass is 543 g/mol. The van der Waals surface area contributed by atoms with Gasteiger partial charge in [0.05, 0.1) is 18.5 Å². The molecular formula is C26H28F3N7O3. The molecule has 10 nitrogen and oxygen atoms in total. The molecule has 1 aliphatic rings. The first kappa shape index (κ1) is 27.7. The summed E-state index contributed by atoms with van der Waals surface area (Å²) in [6, 6.07) is 6.27. The number of halogens is 3. The maximum atomic E-state index is 13.0. The fourth-order valence-electron chi connectivity index (χ4n) is 4.03. The van der Waals surface area contributed by atoms with E-state index in [0.29, 0.717) is 49.3 Å². The number of aryl methyl sites for hydroxylation is 1. The predicted octanol–water partition coefficient (Wildman–Crippen LogP) is 2.75. The fourth-order valence-corrected chi connectivity index (χ4v) is 4.03. The molecule has 1 aliphatic heterocycles. The van der Waals surface area contributed by atoms with Crippen molar-refractivity contribution in [2.75, 3.05) is 44.6 Å². The van der Waals surface area contributed by atoms with Crippen LogP contribution in [0.3, 0.4) is 0 Å². The Bertz CT molecular complexity index is 1380. The second-order valence-corrected chi connectivity index (χ2v) is 8.98. The van der Waals surface area contributed by atoms with E-state index in [9.17, 15) is 22.8 Å². The number of hydrogen-bond acceptors (Lipinski definition) is 6. The smallest absolute Gasteiger partial charge is 0.432 e. The van der Waals surface area contributed by atoms with Gasteiger partial charge in [0.2, 0.25) is 5.91 Å². The first-order chi connectivity index (χ1) is 18.6. The highest BCUT2D eigenvalue weighted by atomic mass is 19.4. The van der Waals surface area contributed by atoms with Gasteiger partial charge in [-0.1, -0.05) is 0 Å². The first-order valence-corrected chi connectivity index (χ1v) is 12.3. The quantitative estimate of drug-likeness (QED) is 0.351. The van der Waals surface area contributed by atoms with Gasteiger partial charge >= 0.3 is 12.1 Å². The summed E-state index contributed by atoms with van der Waals surface area (Å²) in [7, 11) is 1.73. The minimum absolute atomic E-state index is 0.00588. The molecule has 1 saturated heterocycles. The van der Waals surface area contributed by atoms with Crippen molar-refractivity contribution in [3.63, 3.8) is 0 Å². The lowest BCUT2D eigenvalue weighted by Crippen LogP contribution is -2.48. The molecular weight excluding hydrogens is 515 g/mol. The molecule has 0 bridgehead atoms. The molecule has 0 spiro atoms. The molecule has 0 atom stereocenters. The van der Waals surface area contributed by atoms with Crippen LogP contribution in [0.1, 0.15) is 24.7 Å². The summed E-state index contributed by atoms with van der Waals surface area (Å²) in [4.78, 5) is 34.2. The van der Waals surface area contributed by atoms with Crippen molar-refractivity contribution in [3.05, 3.63) is 48.0 Å². The van der Waals surface area contributed by atoms with E-state index in [4.69, 9.17) is 4.74 Å². The first-order valence-electron chi connectivity index (χ1n) is 12.3. The van der Waals surface area contributed by atoms with Crippen LogP contribution in [0.4, 0.5) is 18.9 Å². The number of imidazole rings is 1. The molecule has 3 aromatic rings. The number of hydrogen-bond donors (Lipinski definition) is 2. The van der Waals surface area contributed by atoms with Gasteiger partial charge in [0.25, 0.3) is 0 Å². The number of carbonyl (C=O) groups is 2. The van der Waals surface area contributed by atoms with Crippen LogP contribution in [0.5, 0.6) is 5.75 Å². The summed E-state index contributed by atoms with van der Waals surface area (Å²) >= 11 is 0. The SMILES string of the molecule is CC(=O)N1CCN(CCCOc2ccc(-c3ncc(C(F)(F)F)[nH]3)cc2NC(=O)C#Cc2ccn(C)n2)CC1. The average Bonchev–Trinajstić information content (AvgIpc) is 3.56. The third-order valence-electron chi connectivity index (χ3n) is 6.09. The number of ether oxygens (including phenoxy) is 1. The molecule has 3 heterocycles. The van der Waals surface area contributed by atoms with Crippen molar-refractivity contribution in [3.8, 4) is 29.0 Å². The Labute approximate surface area is 223 Å². The number of amides is 2. The van der Waals surface area contributed by atoms with Gasteiger partial charge in [-0.25, -0.2) is 4.98 Å². The molecule has 0 saturated carbocycles. The number of benzene rings is 1. The van der Waals surface area contributed by atoms with Crippen LogP contribution in [0.15, 0.2) is 36.7 Å². The van der Waals surface area contributed by atoms with Gasteiger partial charge in [-0.2, -0.15) is 18.3 Å². The van der Waals surface area contributed by atoms with Gasteiger partial charge in [-0.05, 0) is 36.6 Å². The average molecular weight is 544 g/mol. The molecule has 1 fully saturated rings. The highest BCUT2D eigenvalue weighted by Gasteiger charge is 2.33. The lowest BCUT2D eigenvalue weighted by atomic mass is 10.1. The van der Waals surface area contributed by atoms with Crippen LogP contribution in [0.2, 0.25) is 0 Å². The number of aromatic nitrogens is 4. The van der Waals surface area contributed by atoms with Gasteiger partial charge < -0.3 is 19.9 Å². The minimum Gasteiger partial charge on any atom is -0.491 e. The molecule has 0 unspecified atom stereocenters. The lowest BCUT2D eigenvalue weighted by Gasteiger charge is -2.34. The topological polar surface area (TPSA) is 108 Å². The second kappa shape index (κ2) is 12.0. The van der Waals surface area contributed by atoms with Gasteiger partial charge in [-0.3, -0.25) is 19.2 Å². The number of piperazine rings is 1. The Morgan fingerprint density at radius 1 is 1.18 bits per heavy atom. The van der Waals surface area contributed by atoms with E-state index in [2.05, 4.69) is 37.1 Å². The van der Waals surface area contributed by atoms with E-state index in [-0.39, 0.29) is 17.4 Å². The van der Waals surface area contributed by atoms with E-state index in [1.165, 1.54) is 6.07 Å². The zero-order valence-electron chi connectivity index (χ0n) is 21.5. The maximum Gasteiger partial charge on any atom is 0.432 e. The number of nitrogens with zero attached hydrogens (tertiary/aromatic N) is 5. The summed E-state index contributed by atoms with van der Waals surface area (Å²) in [6.45, 7) is 5.63. The van der Waals surface area contributed by atoms with Crippen molar-refractivity contribution >= 4 is 17.5 Å². The summed E-state index contributed by atoms with van der Waals surface area (Å²) in [5, 5.41) is 6.75. The number of carbonyl (C=O) groups excluding carboxylic acids is 2. The lowest BCUT2D eigenvalue weighted by molar-refractivity contribution is -0.140. The van der Waals surface area contributed by atoms with Crippen LogP contribution in [0, 0.1) is 11.8 Å². The highest BCUT2D eigenvalue weighted by Crippen LogP contribution is 2.33. The molecule has 2 aromatic heterocycles. The molecule has 0 aliphatic carbocycles. The molecule has 39 heavy (non-hydrogen) atoms. The zero-order chi connectivity index (χ0) is 28.0. The molecule has 2 amide bonds. The van der Waals surface area contributed by atoms with Crippen LogP contribution < -0.4 is 10.1 Å². The number of aromatic amines is 1. The zero-order valence-corrected chi connectivity index (χ0v) is 21.5. The van der Waals surface area contributed by atoms with Crippen molar-refractivity contribution in [1.29, 1.82) is 0 Å². The number of H-pyrrole nitrogens is 1. The Kier molecular flexibility index (Phi) is 8.55. The maximum absolute atomic E-state index is 13.0. The molecule has 13 heteroatoms. The number of rotatable bonds is 7. The van der Waals surface area contributed by atoms with E-state index in [1.807, 2.05) is 4.90 Å². The summed E-state index contributed by atoms with van der Waals surface area (Å²) in [5.41, 5.74) is 0.00748. The third-order valence-corrected chi connectivity index (χ3v) is 6.09. The van der Waals surface area contributed by atoms with E-state index >= 15 is 0 Å². The predicted molar refractivity (Wildman–Crippen MR) is 137 cm³/mol. The Morgan fingerprint density at radius 2 is 1.95 bits per heavy atom. The Morgan fingerprint density at radius 3 is 2.59 bits per heavy atom. The van der Waals surface area contributed by atoms with Crippen LogP contribution in [0.25, 0.3) is 11.4 Å². The standard InChI is InChI=1S/C26H28F3N7O3/c1-18(37)36-13-11-35(12-14-36)9-3-15-39-22-6-4-19(25-30-17-23(32-25)26(27,28)29)16-21(22)31-24(38)7-5-20-8-10-34(2)33-20/h4,6,8,10,16-17H,3,9,11-15H2,1-2H3,(H,30,32)(H,31,38). The normalized spacial score (nSPS) is 14.0. The number of alkyl halides is 3. The molecule has 0 radical (unpaired) electrons. The molecule has 1 aromatic carbocycles. The second-order valence-electron chi connectivity index (χ2n) is 8.98. The fraction of sp³-hybridized carbons (Fsp3) is 0.385. The van der Waals surface area contributed by atoms with E-state index in [1.54, 1.807) is 43.0 Å². The van der Waals surface area contributed by atoms with Crippen LogP contribution >= 0.6 is 0 Å². The van der Waals surface area contributed by atoms with E-state index < -0.39 is 17.8 Å². The number of anilines is 1. The van der Waals surface area contributed by atoms with Crippen molar-refractivity contribution < 1.29 is 27.5 Å². The highest BCUT2D eigenvalue weighted by molar-refractivity contribution is 6.05. The summed E-state index contributed by atoms with van der Waals surface area (Å²) in [5.74, 6) is 4.89. The van der Waals surface area contributed by atoms with Crippen LogP contribution in [-0.4, -0.2) is 80.7 Å². The Hall–Kier alpha value is -4.31. The van der Waals surface area contributed by atoms with Crippen molar-refractivity contribution in [2.24, 2.45) is 7.05 Å². The minimum atomic E-state index is -4.56. The van der Waals surface area contributed by atoms with E-state index in [0.717, 1.165) is 19.6 Å². The third kappa shape index (κ3) is 7.61. The number of nitrogens with one attached hydrogen (secondary N) is 2. The molecule has 4 rings (SSSR count). The molecule has 2 N–H and O–H groups in total. The van der Waals surface area contributed by atoms with Crippen molar-refractivity contribution in [2.45, 2.75) is 19.5 Å². The van der Waals surface area contributed by atoms with Crippen LogP contribution in [-0.2, 0) is 22.8 Å². The Balaban J connectivity index is 1.44. The van der Waals surface area contributed by atoms with Gasteiger partial charge in [0.1, 0.15) is 23.0 Å². The summed E-state index contributed by atoms with van der Waals surface area (Å²) < 4.78 is 46.6. The largest absolute Gasteiger partial charge is 0.491 e. The van der Waals surface area contributed by atoms with Gasteiger partial charge in [0.15, 0.2) is 0 Å².